The monoisotopic (exact) mass is 554 g/mol. The van der Waals surface area contributed by atoms with Crippen molar-refractivity contribution < 1.29 is 18.0 Å². The molecule has 8 nitrogen and oxygen atoms in total. The molecule has 0 bridgehead atoms. The van der Waals surface area contributed by atoms with Gasteiger partial charge in [-0.15, -0.1) is 0 Å². The molecule has 0 aromatic heterocycles. The van der Waals surface area contributed by atoms with E-state index >= 15 is 0 Å². The maximum atomic E-state index is 13.6. The zero-order valence-corrected chi connectivity index (χ0v) is 23.3. The summed E-state index contributed by atoms with van der Waals surface area (Å²) in [5, 5.41) is 7.01. The number of amides is 2. The summed E-state index contributed by atoms with van der Waals surface area (Å²) in [5.74, 6) is -0.810. The van der Waals surface area contributed by atoms with Gasteiger partial charge < -0.3 is 5.32 Å². The number of sulfonamides is 1. The number of hydrogen-bond donors (Lipinski definition) is 2. The highest BCUT2D eigenvalue weighted by molar-refractivity contribution is 7.92. The summed E-state index contributed by atoms with van der Waals surface area (Å²) in [6, 6.07) is 29.4. The largest absolute Gasteiger partial charge is 0.322 e. The van der Waals surface area contributed by atoms with E-state index in [0.717, 1.165) is 15.4 Å². The first kappa shape index (κ1) is 28.3. The first-order valence-corrected chi connectivity index (χ1v) is 14.0. The van der Waals surface area contributed by atoms with Gasteiger partial charge in [-0.2, -0.15) is 5.10 Å². The number of aryl methyl sites for hydroxylation is 2. The van der Waals surface area contributed by atoms with Crippen molar-refractivity contribution in [2.24, 2.45) is 5.10 Å². The maximum absolute atomic E-state index is 13.6. The Morgan fingerprint density at radius 2 is 1.40 bits per heavy atom. The normalized spacial score (nSPS) is 11.5. The van der Waals surface area contributed by atoms with Gasteiger partial charge in [0.1, 0.15) is 6.54 Å². The first-order chi connectivity index (χ1) is 19.1. The predicted octanol–water partition coefficient (Wildman–Crippen LogP) is 5.29. The van der Waals surface area contributed by atoms with Crippen LogP contribution in [0.5, 0.6) is 0 Å². The highest BCUT2D eigenvalue weighted by atomic mass is 32.2. The third-order valence-corrected chi connectivity index (χ3v) is 8.00. The molecule has 0 heterocycles. The second-order valence-corrected chi connectivity index (χ2v) is 11.1. The van der Waals surface area contributed by atoms with E-state index < -0.39 is 22.5 Å². The molecule has 40 heavy (non-hydrogen) atoms. The van der Waals surface area contributed by atoms with Gasteiger partial charge in [0.15, 0.2) is 0 Å². The van der Waals surface area contributed by atoms with E-state index in [9.17, 15) is 18.0 Å². The van der Waals surface area contributed by atoms with Crippen molar-refractivity contribution in [3.63, 3.8) is 0 Å². The zero-order chi connectivity index (χ0) is 28.7. The number of hydrazone groups is 1. The fourth-order valence-electron chi connectivity index (χ4n) is 3.94. The molecule has 0 aliphatic rings. The van der Waals surface area contributed by atoms with Crippen LogP contribution in [0.3, 0.4) is 0 Å². The molecular formula is C31H30N4O4S. The van der Waals surface area contributed by atoms with E-state index in [-0.39, 0.29) is 10.8 Å². The van der Waals surface area contributed by atoms with Gasteiger partial charge in [-0.05, 0) is 74.4 Å². The quantitative estimate of drug-likeness (QED) is 0.216. The molecule has 0 unspecified atom stereocenters. The Balaban J connectivity index is 1.47. The van der Waals surface area contributed by atoms with Crippen LogP contribution in [0.2, 0.25) is 0 Å². The molecule has 0 spiro atoms. The molecule has 9 heteroatoms. The van der Waals surface area contributed by atoms with Crippen LogP contribution in [0, 0.1) is 13.8 Å². The predicted molar refractivity (Wildman–Crippen MR) is 158 cm³/mol. The van der Waals surface area contributed by atoms with Crippen LogP contribution < -0.4 is 15.0 Å². The number of para-hydroxylation sites is 1. The second-order valence-electron chi connectivity index (χ2n) is 9.24. The van der Waals surface area contributed by atoms with Gasteiger partial charge in [0.25, 0.3) is 21.8 Å². The number of nitrogens with one attached hydrogen (secondary N) is 2. The molecule has 204 valence electrons. The van der Waals surface area contributed by atoms with Gasteiger partial charge in [0.05, 0.1) is 16.3 Å². The summed E-state index contributed by atoms with van der Waals surface area (Å²) < 4.78 is 28.2. The molecule has 4 aromatic rings. The topological polar surface area (TPSA) is 108 Å². The van der Waals surface area contributed by atoms with Crippen LogP contribution >= 0.6 is 0 Å². The number of carbonyl (C=O) groups excluding carboxylic acids is 2. The lowest BCUT2D eigenvalue weighted by Gasteiger charge is -2.25. The molecule has 0 aliphatic heterocycles. The van der Waals surface area contributed by atoms with Crippen molar-refractivity contribution in [3.05, 3.63) is 125 Å². The minimum absolute atomic E-state index is 0.0910. The minimum atomic E-state index is -4.02. The van der Waals surface area contributed by atoms with Crippen molar-refractivity contribution in [2.75, 3.05) is 16.2 Å². The molecule has 4 aromatic carbocycles. The summed E-state index contributed by atoms with van der Waals surface area (Å²) in [7, 11) is -4.02. The van der Waals surface area contributed by atoms with Crippen molar-refractivity contribution in [1.29, 1.82) is 0 Å². The third-order valence-electron chi connectivity index (χ3n) is 6.23. The maximum Gasteiger partial charge on any atom is 0.264 e. The summed E-state index contributed by atoms with van der Waals surface area (Å²) >= 11 is 0. The molecule has 0 atom stereocenters. The molecule has 0 saturated heterocycles. The van der Waals surface area contributed by atoms with Crippen LogP contribution in [-0.4, -0.2) is 32.5 Å². The number of carbonyl (C=O) groups is 2. The van der Waals surface area contributed by atoms with Crippen molar-refractivity contribution >= 4 is 38.9 Å². The molecule has 0 fully saturated rings. The number of benzene rings is 4. The summed E-state index contributed by atoms with van der Waals surface area (Å²) in [6.07, 6.45) is 0. The summed E-state index contributed by atoms with van der Waals surface area (Å²) in [6.45, 7) is 4.93. The number of nitrogens with zero attached hydrogens (tertiary/aromatic N) is 2. The number of rotatable bonds is 9. The summed E-state index contributed by atoms with van der Waals surface area (Å²) in [5.41, 5.74) is 6.93. The lowest BCUT2D eigenvalue weighted by atomic mass is 10.1. The first-order valence-electron chi connectivity index (χ1n) is 12.6. The van der Waals surface area contributed by atoms with E-state index in [1.54, 1.807) is 92.7 Å². The van der Waals surface area contributed by atoms with Gasteiger partial charge in [0.2, 0.25) is 0 Å². The van der Waals surface area contributed by atoms with Crippen LogP contribution in [-0.2, 0) is 14.8 Å². The standard InChI is InChI=1S/C31H30N4O4S/c1-22-13-19-28(20-14-22)40(38,39)35(29-12-8-7-9-23(29)2)21-30(36)34-33-24(3)25-15-17-27(18-16-25)32-31(37)26-10-5-4-6-11-26/h4-20H,21H2,1-3H3,(H,32,37)(H,34,36)/b33-24-. The highest BCUT2D eigenvalue weighted by Crippen LogP contribution is 2.26. The van der Waals surface area contributed by atoms with Gasteiger partial charge in [-0.1, -0.05) is 66.2 Å². The molecule has 0 saturated carbocycles. The van der Waals surface area contributed by atoms with Crippen LogP contribution in [0.1, 0.15) is 34.0 Å². The molecule has 0 radical (unpaired) electrons. The Labute approximate surface area is 234 Å². The fraction of sp³-hybridized carbons (Fsp3) is 0.129. The third kappa shape index (κ3) is 6.81. The highest BCUT2D eigenvalue weighted by Gasteiger charge is 2.28. The SMILES string of the molecule is C/C(=N/NC(=O)CN(c1ccccc1C)S(=O)(=O)c1ccc(C)cc1)c1ccc(NC(=O)c2ccccc2)cc1. The molecule has 0 aliphatic carbocycles. The van der Waals surface area contributed by atoms with Gasteiger partial charge in [-0.3, -0.25) is 13.9 Å². The molecule has 2 N–H and O–H groups in total. The zero-order valence-electron chi connectivity index (χ0n) is 22.5. The van der Waals surface area contributed by atoms with Crippen LogP contribution in [0.25, 0.3) is 0 Å². The summed E-state index contributed by atoms with van der Waals surface area (Å²) in [4.78, 5) is 25.4. The average Bonchev–Trinajstić information content (AvgIpc) is 2.96. The number of hydrogen-bond acceptors (Lipinski definition) is 5. The lowest BCUT2D eigenvalue weighted by Crippen LogP contribution is -2.40. The lowest BCUT2D eigenvalue weighted by molar-refractivity contribution is -0.119. The van der Waals surface area contributed by atoms with Crippen molar-refractivity contribution in [2.45, 2.75) is 25.7 Å². The fourth-order valence-corrected chi connectivity index (χ4v) is 5.43. The molecule has 2 amide bonds. The van der Waals surface area contributed by atoms with Crippen LogP contribution in [0.4, 0.5) is 11.4 Å². The Kier molecular flexibility index (Phi) is 8.76. The average molecular weight is 555 g/mol. The Morgan fingerprint density at radius 1 is 0.775 bits per heavy atom. The minimum Gasteiger partial charge on any atom is -0.322 e. The van der Waals surface area contributed by atoms with Crippen molar-refractivity contribution in [3.8, 4) is 0 Å². The Bertz CT molecular complexity index is 1630. The van der Waals surface area contributed by atoms with Gasteiger partial charge in [0, 0.05) is 11.3 Å². The molecular weight excluding hydrogens is 524 g/mol. The second kappa shape index (κ2) is 12.4. The van der Waals surface area contributed by atoms with Crippen molar-refractivity contribution in [1.82, 2.24) is 5.43 Å². The van der Waals surface area contributed by atoms with Gasteiger partial charge in [-0.25, -0.2) is 13.8 Å². The van der Waals surface area contributed by atoms with E-state index in [1.165, 1.54) is 12.1 Å². The molecule has 4 rings (SSSR count). The van der Waals surface area contributed by atoms with E-state index in [4.69, 9.17) is 0 Å². The van der Waals surface area contributed by atoms with Crippen LogP contribution in [0.15, 0.2) is 113 Å². The Hall–Kier alpha value is -4.76. The van der Waals surface area contributed by atoms with Gasteiger partial charge >= 0.3 is 0 Å². The van der Waals surface area contributed by atoms with E-state index in [0.29, 0.717) is 28.2 Å². The number of anilines is 2. The van der Waals surface area contributed by atoms with E-state index in [1.807, 2.05) is 19.1 Å². The Morgan fingerprint density at radius 3 is 2.05 bits per heavy atom. The van der Waals surface area contributed by atoms with E-state index in [2.05, 4.69) is 15.8 Å². The smallest absolute Gasteiger partial charge is 0.264 e.